The molecule has 0 aliphatic heterocycles. The van der Waals surface area contributed by atoms with Gasteiger partial charge in [-0.05, 0) is 36.6 Å². The second-order valence-corrected chi connectivity index (χ2v) is 7.45. The highest BCUT2D eigenvalue weighted by atomic mass is 35.5. The van der Waals surface area contributed by atoms with Crippen molar-refractivity contribution < 1.29 is 4.74 Å². The summed E-state index contributed by atoms with van der Waals surface area (Å²) in [5.74, 6) is 1.58. The molecule has 0 amide bonds. The highest BCUT2D eigenvalue weighted by molar-refractivity contribution is 6.32. The van der Waals surface area contributed by atoms with Crippen molar-refractivity contribution in [3.63, 3.8) is 0 Å². The van der Waals surface area contributed by atoms with Gasteiger partial charge in [0.15, 0.2) is 0 Å². The van der Waals surface area contributed by atoms with E-state index >= 15 is 0 Å². The number of halogens is 1. The van der Waals surface area contributed by atoms with Gasteiger partial charge < -0.3 is 4.74 Å². The van der Waals surface area contributed by atoms with Crippen LogP contribution in [0.3, 0.4) is 0 Å². The fraction of sp³-hybridized carbons (Fsp3) is 0.500. The predicted octanol–water partition coefficient (Wildman–Crippen LogP) is 8.60. The van der Waals surface area contributed by atoms with Crippen LogP contribution in [0.1, 0.15) is 76.7 Å². The van der Waals surface area contributed by atoms with Crippen LogP contribution in [0, 0.1) is 0 Å². The molecule has 0 aliphatic carbocycles. The lowest BCUT2D eigenvalue weighted by molar-refractivity contribution is 0.482. The van der Waals surface area contributed by atoms with Crippen LogP contribution in [0.25, 0.3) is 0 Å². The zero-order valence-electron chi connectivity index (χ0n) is 16.2. The number of hydrogen-bond donors (Lipinski definition) is 0. The molecule has 0 atom stereocenters. The Hall–Kier alpha value is -1.47. The maximum atomic E-state index is 6.56. The summed E-state index contributed by atoms with van der Waals surface area (Å²) in [6.45, 7) is 2.27. The molecule has 0 saturated heterocycles. The van der Waals surface area contributed by atoms with Crippen molar-refractivity contribution in [3.8, 4) is 11.5 Å². The summed E-state index contributed by atoms with van der Waals surface area (Å²) in [5.41, 5.74) is 1.19. The van der Waals surface area contributed by atoms with Gasteiger partial charge in [0.05, 0.1) is 5.02 Å². The predicted molar refractivity (Wildman–Crippen MR) is 114 cm³/mol. The third-order valence-corrected chi connectivity index (χ3v) is 5.24. The van der Waals surface area contributed by atoms with Crippen molar-refractivity contribution in [1.29, 1.82) is 0 Å². The summed E-state index contributed by atoms with van der Waals surface area (Å²) in [7, 11) is 0. The molecule has 0 saturated carbocycles. The van der Waals surface area contributed by atoms with Gasteiger partial charge in [-0.25, -0.2) is 0 Å². The van der Waals surface area contributed by atoms with Crippen LogP contribution in [0.2, 0.25) is 5.02 Å². The topological polar surface area (TPSA) is 9.23 Å². The van der Waals surface area contributed by atoms with E-state index in [2.05, 4.69) is 13.0 Å². The molecule has 0 unspecified atom stereocenters. The summed E-state index contributed by atoms with van der Waals surface area (Å²) in [5, 5.41) is 0.757. The highest BCUT2D eigenvalue weighted by Gasteiger charge is 2.08. The van der Waals surface area contributed by atoms with E-state index in [9.17, 15) is 0 Å². The number of aryl methyl sites for hydroxylation is 1. The van der Waals surface area contributed by atoms with Crippen LogP contribution in [0.5, 0.6) is 11.5 Å². The molecule has 1 nitrogen and oxygen atoms in total. The summed E-state index contributed by atoms with van der Waals surface area (Å²) >= 11 is 6.56. The lowest BCUT2D eigenvalue weighted by atomic mass is 10.0. The highest BCUT2D eigenvalue weighted by Crippen LogP contribution is 2.32. The molecule has 0 aromatic heterocycles. The molecule has 0 spiro atoms. The Morgan fingerprint density at radius 1 is 0.692 bits per heavy atom. The van der Waals surface area contributed by atoms with Crippen molar-refractivity contribution in [2.45, 2.75) is 77.6 Å². The number of hydrogen-bond acceptors (Lipinski definition) is 1. The molecule has 2 heteroatoms. The SMILES string of the molecule is CCCCCCCCCCCCc1cccc(Oc2ccccc2)c1Cl. The molecule has 0 bridgehead atoms. The van der Waals surface area contributed by atoms with Crippen LogP contribution in [-0.4, -0.2) is 0 Å². The monoisotopic (exact) mass is 372 g/mol. The minimum absolute atomic E-state index is 0.752. The van der Waals surface area contributed by atoms with Gasteiger partial charge in [0.25, 0.3) is 0 Å². The maximum absolute atomic E-state index is 6.56. The molecule has 0 radical (unpaired) electrons. The average molecular weight is 373 g/mol. The third-order valence-electron chi connectivity index (χ3n) is 4.81. The summed E-state index contributed by atoms with van der Waals surface area (Å²) in [4.78, 5) is 0. The van der Waals surface area contributed by atoms with Gasteiger partial charge in [-0.1, -0.05) is 107 Å². The molecule has 2 rings (SSSR count). The van der Waals surface area contributed by atoms with Gasteiger partial charge in [0.2, 0.25) is 0 Å². The van der Waals surface area contributed by atoms with Crippen molar-refractivity contribution in [2.24, 2.45) is 0 Å². The second kappa shape index (κ2) is 12.8. The fourth-order valence-corrected chi connectivity index (χ4v) is 3.51. The van der Waals surface area contributed by atoms with Gasteiger partial charge in [-0.3, -0.25) is 0 Å². The molecule has 0 N–H and O–H groups in total. The van der Waals surface area contributed by atoms with E-state index < -0.39 is 0 Å². The van der Waals surface area contributed by atoms with Crippen molar-refractivity contribution in [3.05, 3.63) is 59.1 Å². The lowest BCUT2D eigenvalue weighted by Crippen LogP contribution is -1.91. The van der Waals surface area contributed by atoms with E-state index in [1.54, 1.807) is 0 Å². The van der Waals surface area contributed by atoms with E-state index in [-0.39, 0.29) is 0 Å². The minimum Gasteiger partial charge on any atom is -0.456 e. The molecule has 0 heterocycles. The van der Waals surface area contributed by atoms with E-state index in [0.717, 1.165) is 22.9 Å². The van der Waals surface area contributed by atoms with Crippen molar-refractivity contribution in [1.82, 2.24) is 0 Å². The molecule has 0 fully saturated rings. The molecule has 0 aliphatic rings. The molecule has 2 aromatic rings. The number of para-hydroxylation sites is 1. The number of rotatable bonds is 13. The minimum atomic E-state index is 0.752. The third kappa shape index (κ3) is 7.83. The quantitative estimate of drug-likeness (QED) is 0.320. The normalized spacial score (nSPS) is 10.8. The summed E-state index contributed by atoms with van der Waals surface area (Å²) in [6.07, 6.45) is 14.6. The number of ether oxygens (including phenoxy) is 1. The smallest absolute Gasteiger partial charge is 0.146 e. The van der Waals surface area contributed by atoms with Crippen LogP contribution in [0.15, 0.2) is 48.5 Å². The molecular weight excluding hydrogens is 340 g/mol. The van der Waals surface area contributed by atoms with Gasteiger partial charge in [0, 0.05) is 0 Å². The van der Waals surface area contributed by atoms with Gasteiger partial charge in [0.1, 0.15) is 11.5 Å². The van der Waals surface area contributed by atoms with Crippen molar-refractivity contribution >= 4 is 11.6 Å². The van der Waals surface area contributed by atoms with Gasteiger partial charge >= 0.3 is 0 Å². The Balaban J connectivity index is 1.66. The van der Waals surface area contributed by atoms with E-state index in [1.807, 2.05) is 42.5 Å². The lowest BCUT2D eigenvalue weighted by Gasteiger charge is -2.11. The van der Waals surface area contributed by atoms with Gasteiger partial charge in [-0.15, -0.1) is 0 Å². The molecule has 142 valence electrons. The standard InChI is InChI=1S/C24H33ClO/c1-2-3-4-5-6-7-8-9-10-12-16-21-17-15-20-23(24(21)25)26-22-18-13-11-14-19-22/h11,13-15,17-20H,2-10,12,16H2,1H3. The van der Waals surface area contributed by atoms with Gasteiger partial charge in [-0.2, -0.15) is 0 Å². The zero-order valence-corrected chi connectivity index (χ0v) is 16.9. The largest absolute Gasteiger partial charge is 0.456 e. The number of benzene rings is 2. The average Bonchev–Trinajstić information content (AvgIpc) is 2.67. The first-order valence-corrected chi connectivity index (χ1v) is 10.7. The first kappa shape index (κ1) is 20.8. The molecule has 2 aromatic carbocycles. The molecule has 26 heavy (non-hydrogen) atoms. The summed E-state index contributed by atoms with van der Waals surface area (Å²) < 4.78 is 5.92. The van der Waals surface area contributed by atoms with Crippen molar-refractivity contribution in [2.75, 3.05) is 0 Å². The first-order chi connectivity index (χ1) is 12.8. The Kier molecular flexibility index (Phi) is 10.3. The van der Waals surface area contributed by atoms with E-state index in [0.29, 0.717) is 0 Å². The second-order valence-electron chi connectivity index (χ2n) is 7.08. The van der Waals surface area contributed by atoms with Crippen LogP contribution < -0.4 is 4.74 Å². The van der Waals surface area contributed by atoms with E-state index in [4.69, 9.17) is 16.3 Å². The Morgan fingerprint density at radius 3 is 1.96 bits per heavy atom. The molecular formula is C24H33ClO. The van der Waals surface area contributed by atoms with Crippen LogP contribution in [-0.2, 0) is 6.42 Å². The number of unbranched alkanes of at least 4 members (excludes halogenated alkanes) is 9. The first-order valence-electron chi connectivity index (χ1n) is 10.3. The van der Waals surface area contributed by atoms with E-state index in [1.165, 1.54) is 69.8 Å². The Bertz CT molecular complexity index is 609. The van der Waals surface area contributed by atoms with Crippen LogP contribution in [0.4, 0.5) is 0 Å². The fourth-order valence-electron chi connectivity index (χ4n) is 3.25. The zero-order chi connectivity index (χ0) is 18.5. The summed E-state index contributed by atoms with van der Waals surface area (Å²) in [6, 6.07) is 15.9. The van der Waals surface area contributed by atoms with Crippen LogP contribution >= 0.6 is 11.6 Å². The Labute approximate surface area is 164 Å². The maximum Gasteiger partial charge on any atom is 0.146 e. The Morgan fingerprint density at radius 2 is 1.31 bits per heavy atom.